The van der Waals surface area contributed by atoms with Crippen molar-refractivity contribution in [3.63, 3.8) is 0 Å². The lowest BCUT2D eigenvalue weighted by atomic mass is 10.1. The molecule has 0 N–H and O–H groups in total. The van der Waals surface area contributed by atoms with Gasteiger partial charge in [-0.05, 0) is 32.9 Å². The molecular formula is C20H19N3O3. The van der Waals surface area contributed by atoms with Crippen molar-refractivity contribution in [2.45, 2.75) is 26.9 Å². The molecule has 132 valence electrons. The van der Waals surface area contributed by atoms with Crippen LogP contribution in [-0.2, 0) is 4.74 Å². The number of carbonyl (C=O) groups excluding carboxylic acids is 2. The Hall–Kier alpha value is -3.28. The fourth-order valence-electron chi connectivity index (χ4n) is 2.47. The number of hydrogen-bond donors (Lipinski definition) is 0. The van der Waals surface area contributed by atoms with Crippen LogP contribution >= 0.6 is 0 Å². The monoisotopic (exact) mass is 349 g/mol. The van der Waals surface area contributed by atoms with E-state index in [9.17, 15) is 9.59 Å². The number of esters is 1. The minimum absolute atomic E-state index is 0.0948. The number of para-hydroxylation sites is 1. The lowest BCUT2D eigenvalue weighted by Crippen LogP contribution is -2.25. The minimum atomic E-state index is -0.911. The first-order valence-corrected chi connectivity index (χ1v) is 8.27. The van der Waals surface area contributed by atoms with Gasteiger partial charge in [-0.15, -0.1) is 5.10 Å². The van der Waals surface area contributed by atoms with Gasteiger partial charge in [0.05, 0.1) is 11.4 Å². The average Bonchev–Trinajstić information content (AvgIpc) is 3.04. The predicted octanol–water partition coefficient (Wildman–Crippen LogP) is 3.31. The second-order valence-corrected chi connectivity index (χ2v) is 6.04. The molecule has 0 aliphatic rings. The number of ether oxygens (including phenoxy) is 1. The lowest BCUT2D eigenvalue weighted by Gasteiger charge is -2.11. The summed E-state index contributed by atoms with van der Waals surface area (Å²) < 4.78 is 5.31. The number of carbonyl (C=O) groups is 2. The fourth-order valence-corrected chi connectivity index (χ4v) is 2.47. The number of hydrogen-bond acceptors (Lipinski definition) is 5. The van der Waals surface area contributed by atoms with E-state index in [1.165, 1.54) is 4.80 Å². The highest BCUT2D eigenvalue weighted by Crippen LogP contribution is 2.13. The van der Waals surface area contributed by atoms with Gasteiger partial charge in [-0.3, -0.25) is 4.79 Å². The Morgan fingerprint density at radius 3 is 2.27 bits per heavy atom. The number of benzene rings is 2. The van der Waals surface area contributed by atoms with Crippen LogP contribution in [-0.4, -0.2) is 32.9 Å². The van der Waals surface area contributed by atoms with Crippen LogP contribution in [0.15, 0.2) is 54.6 Å². The Bertz CT molecular complexity index is 931. The molecule has 0 saturated carbocycles. The van der Waals surface area contributed by atoms with Gasteiger partial charge < -0.3 is 4.74 Å². The number of rotatable bonds is 5. The van der Waals surface area contributed by atoms with Gasteiger partial charge in [-0.1, -0.05) is 48.0 Å². The number of ketones is 1. The summed E-state index contributed by atoms with van der Waals surface area (Å²) in [7, 11) is 0. The van der Waals surface area contributed by atoms with Crippen molar-refractivity contribution in [2.75, 3.05) is 0 Å². The molecule has 3 rings (SSSR count). The second-order valence-electron chi connectivity index (χ2n) is 6.04. The summed E-state index contributed by atoms with van der Waals surface area (Å²) in [4.78, 5) is 26.2. The van der Waals surface area contributed by atoms with Crippen LogP contribution in [0.1, 0.15) is 39.0 Å². The highest BCUT2D eigenvalue weighted by Gasteiger charge is 2.24. The normalized spacial score (nSPS) is 11.8. The largest absolute Gasteiger partial charge is 0.449 e. The molecular weight excluding hydrogens is 330 g/mol. The van der Waals surface area contributed by atoms with Gasteiger partial charge >= 0.3 is 5.97 Å². The van der Waals surface area contributed by atoms with E-state index < -0.39 is 12.1 Å². The van der Waals surface area contributed by atoms with Crippen LogP contribution in [0.4, 0.5) is 0 Å². The summed E-state index contributed by atoms with van der Waals surface area (Å²) in [5, 5.41) is 8.44. The third kappa shape index (κ3) is 3.69. The van der Waals surface area contributed by atoms with E-state index in [4.69, 9.17) is 4.74 Å². The zero-order valence-corrected chi connectivity index (χ0v) is 14.8. The molecule has 26 heavy (non-hydrogen) atoms. The molecule has 1 heterocycles. The van der Waals surface area contributed by atoms with E-state index in [0.29, 0.717) is 11.3 Å². The quantitative estimate of drug-likeness (QED) is 0.522. The van der Waals surface area contributed by atoms with Gasteiger partial charge in [-0.2, -0.15) is 9.90 Å². The molecule has 1 unspecified atom stereocenters. The molecule has 0 aliphatic heterocycles. The van der Waals surface area contributed by atoms with E-state index in [1.54, 1.807) is 26.0 Å². The summed E-state index contributed by atoms with van der Waals surface area (Å²) in [6, 6.07) is 16.4. The molecule has 0 saturated heterocycles. The molecule has 1 aromatic heterocycles. The van der Waals surface area contributed by atoms with Gasteiger partial charge in [0.1, 0.15) is 0 Å². The summed E-state index contributed by atoms with van der Waals surface area (Å²) in [6.07, 6.45) is -0.911. The molecule has 6 nitrogen and oxygen atoms in total. The maximum atomic E-state index is 12.4. The first kappa shape index (κ1) is 17.5. The van der Waals surface area contributed by atoms with Crippen LogP contribution in [0.5, 0.6) is 0 Å². The van der Waals surface area contributed by atoms with Crippen molar-refractivity contribution >= 4 is 11.8 Å². The molecule has 6 heteroatoms. The van der Waals surface area contributed by atoms with E-state index in [-0.39, 0.29) is 11.5 Å². The van der Waals surface area contributed by atoms with Crippen molar-refractivity contribution in [1.29, 1.82) is 0 Å². The van der Waals surface area contributed by atoms with Gasteiger partial charge in [0.2, 0.25) is 5.78 Å². The van der Waals surface area contributed by atoms with Crippen LogP contribution in [0.25, 0.3) is 5.69 Å². The van der Waals surface area contributed by atoms with Crippen LogP contribution in [0.3, 0.4) is 0 Å². The number of Topliss-reactive ketones (excluding diaryl/α,β-unsaturated/α-hetero) is 1. The van der Waals surface area contributed by atoms with E-state index in [2.05, 4.69) is 10.2 Å². The maximum absolute atomic E-state index is 12.4. The first-order chi connectivity index (χ1) is 12.5. The molecule has 0 bridgehead atoms. The fraction of sp³-hybridized carbons (Fsp3) is 0.200. The third-order valence-corrected chi connectivity index (χ3v) is 3.95. The molecule has 1 atom stereocenters. The zero-order chi connectivity index (χ0) is 18.7. The SMILES string of the molecule is Cc1ccc(C(=O)C(C)OC(=O)c2nn(-c3ccccc3)nc2C)cc1. The topological polar surface area (TPSA) is 74.1 Å². The van der Waals surface area contributed by atoms with E-state index in [0.717, 1.165) is 11.3 Å². The molecule has 0 amide bonds. The highest BCUT2D eigenvalue weighted by atomic mass is 16.5. The molecule has 3 aromatic rings. The minimum Gasteiger partial charge on any atom is -0.449 e. The smallest absolute Gasteiger partial charge is 0.361 e. The van der Waals surface area contributed by atoms with Gasteiger partial charge in [0, 0.05) is 5.56 Å². The molecule has 0 spiro atoms. The van der Waals surface area contributed by atoms with E-state index >= 15 is 0 Å². The molecule has 0 radical (unpaired) electrons. The Labute approximate surface area is 151 Å². The van der Waals surface area contributed by atoms with Crippen LogP contribution in [0.2, 0.25) is 0 Å². The number of nitrogens with zero attached hydrogens (tertiary/aromatic N) is 3. The summed E-state index contributed by atoms with van der Waals surface area (Å²) >= 11 is 0. The standard InChI is InChI=1S/C20H19N3O3/c1-13-9-11-16(12-10-13)19(24)15(3)26-20(25)18-14(2)21-23(22-18)17-7-5-4-6-8-17/h4-12,15H,1-3H3. The maximum Gasteiger partial charge on any atom is 0.361 e. The average molecular weight is 349 g/mol. The molecule has 0 fully saturated rings. The van der Waals surface area contributed by atoms with Crippen molar-refractivity contribution in [2.24, 2.45) is 0 Å². The highest BCUT2D eigenvalue weighted by molar-refractivity contribution is 6.01. The van der Waals surface area contributed by atoms with Crippen molar-refractivity contribution in [1.82, 2.24) is 15.0 Å². The summed E-state index contributed by atoms with van der Waals surface area (Å²) in [6.45, 7) is 5.17. The van der Waals surface area contributed by atoms with Crippen molar-refractivity contribution in [3.05, 3.63) is 77.1 Å². The molecule has 2 aromatic carbocycles. The van der Waals surface area contributed by atoms with Gasteiger partial charge in [0.25, 0.3) is 0 Å². The van der Waals surface area contributed by atoms with Gasteiger partial charge in [0.15, 0.2) is 11.8 Å². The van der Waals surface area contributed by atoms with Gasteiger partial charge in [-0.25, -0.2) is 4.79 Å². The van der Waals surface area contributed by atoms with Crippen molar-refractivity contribution < 1.29 is 14.3 Å². The van der Waals surface area contributed by atoms with Crippen LogP contribution < -0.4 is 0 Å². The number of aromatic nitrogens is 3. The third-order valence-electron chi connectivity index (χ3n) is 3.95. The summed E-state index contributed by atoms with van der Waals surface area (Å²) in [5.41, 5.74) is 2.82. The Morgan fingerprint density at radius 2 is 1.62 bits per heavy atom. The molecule has 0 aliphatic carbocycles. The van der Waals surface area contributed by atoms with E-state index in [1.807, 2.05) is 49.4 Å². The zero-order valence-electron chi connectivity index (χ0n) is 14.8. The predicted molar refractivity (Wildman–Crippen MR) is 96.5 cm³/mol. The van der Waals surface area contributed by atoms with Crippen molar-refractivity contribution in [3.8, 4) is 5.69 Å². The lowest BCUT2D eigenvalue weighted by molar-refractivity contribution is 0.0312. The first-order valence-electron chi connectivity index (χ1n) is 8.27. The Kier molecular flexibility index (Phi) is 4.93. The Morgan fingerprint density at radius 1 is 0.962 bits per heavy atom. The second kappa shape index (κ2) is 7.31. The summed E-state index contributed by atoms with van der Waals surface area (Å²) in [5.74, 6) is -0.927. The van der Waals surface area contributed by atoms with Crippen LogP contribution in [0, 0.1) is 13.8 Å². The Balaban J connectivity index is 1.74. The number of aryl methyl sites for hydroxylation is 2.